The Hall–Kier alpha value is -1.02. The van der Waals surface area contributed by atoms with Gasteiger partial charge in [-0.05, 0) is 44.9 Å². The van der Waals surface area contributed by atoms with Gasteiger partial charge in [-0.2, -0.15) is 0 Å². The molecule has 17 heavy (non-hydrogen) atoms. The Balaban J connectivity index is 2.16. The maximum absolute atomic E-state index is 5.48. The second-order valence-electron chi connectivity index (χ2n) is 5.17. The summed E-state index contributed by atoms with van der Waals surface area (Å²) in [5.74, 6) is 1.67. The van der Waals surface area contributed by atoms with Crippen LogP contribution in [-0.2, 0) is 0 Å². The van der Waals surface area contributed by atoms with Gasteiger partial charge in [-0.1, -0.05) is 18.2 Å². The van der Waals surface area contributed by atoms with Crippen LogP contribution in [0.15, 0.2) is 24.3 Å². The molecule has 0 N–H and O–H groups in total. The summed E-state index contributed by atoms with van der Waals surface area (Å²) in [6, 6.07) is 9.10. The standard InChI is InChI=1S/C15H23NO/c1-12(2)16-10-6-7-13(11-16)14-8-4-5-9-15(14)17-3/h4-5,8-9,12-13H,6-7,10-11H2,1-3H3. The lowest BCUT2D eigenvalue weighted by Crippen LogP contribution is -2.39. The highest BCUT2D eigenvalue weighted by Crippen LogP contribution is 2.33. The Morgan fingerprint density at radius 1 is 1.29 bits per heavy atom. The summed E-state index contributed by atoms with van der Waals surface area (Å²) in [6.45, 7) is 6.97. The molecule has 0 aliphatic carbocycles. The number of benzene rings is 1. The van der Waals surface area contributed by atoms with Crippen molar-refractivity contribution in [3.8, 4) is 5.75 Å². The molecule has 94 valence electrons. The van der Waals surface area contributed by atoms with E-state index in [-0.39, 0.29) is 0 Å². The van der Waals surface area contributed by atoms with E-state index in [9.17, 15) is 0 Å². The van der Waals surface area contributed by atoms with Gasteiger partial charge in [-0.3, -0.25) is 0 Å². The average molecular weight is 233 g/mol. The minimum absolute atomic E-state index is 0.627. The number of nitrogens with zero attached hydrogens (tertiary/aromatic N) is 1. The molecular formula is C15H23NO. The van der Waals surface area contributed by atoms with Gasteiger partial charge in [-0.15, -0.1) is 0 Å². The molecular weight excluding hydrogens is 210 g/mol. The van der Waals surface area contributed by atoms with Crippen molar-refractivity contribution in [2.45, 2.75) is 38.6 Å². The quantitative estimate of drug-likeness (QED) is 0.794. The summed E-state index contributed by atoms with van der Waals surface area (Å²) in [6.07, 6.45) is 2.57. The van der Waals surface area contributed by atoms with Gasteiger partial charge in [0.1, 0.15) is 5.75 Å². The molecule has 1 aliphatic rings. The van der Waals surface area contributed by atoms with E-state index in [1.165, 1.54) is 24.9 Å². The lowest BCUT2D eigenvalue weighted by atomic mass is 9.89. The van der Waals surface area contributed by atoms with Gasteiger partial charge in [0.15, 0.2) is 0 Å². The van der Waals surface area contributed by atoms with Crippen LogP contribution in [0.2, 0.25) is 0 Å². The van der Waals surface area contributed by atoms with Crippen molar-refractivity contribution in [1.82, 2.24) is 4.90 Å². The highest BCUT2D eigenvalue weighted by Gasteiger charge is 2.24. The number of methoxy groups -OCH3 is 1. The molecule has 0 spiro atoms. The van der Waals surface area contributed by atoms with E-state index in [2.05, 4.69) is 36.9 Å². The van der Waals surface area contributed by atoms with Crippen molar-refractivity contribution in [1.29, 1.82) is 0 Å². The second kappa shape index (κ2) is 5.54. The van der Waals surface area contributed by atoms with Crippen molar-refractivity contribution >= 4 is 0 Å². The van der Waals surface area contributed by atoms with Crippen LogP contribution >= 0.6 is 0 Å². The number of hydrogen-bond acceptors (Lipinski definition) is 2. The zero-order valence-electron chi connectivity index (χ0n) is 11.1. The number of rotatable bonds is 3. The van der Waals surface area contributed by atoms with E-state index in [0.717, 1.165) is 12.3 Å². The van der Waals surface area contributed by atoms with Crippen molar-refractivity contribution < 1.29 is 4.74 Å². The van der Waals surface area contributed by atoms with Gasteiger partial charge in [-0.25, -0.2) is 0 Å². The highest BCUT2D eigenvalue weighted by atomic mass is 16.5. The number of hydrogen-bond donors (Lipinski definition) is 0. The first kappa shape index (κ1) is 12.4. The first-order valence-electron chi connectivity index (χ1n) is 6.59. The summed E-state index contributed by atoms with van der Waals surface area (Å²) in [4.78, 5) is 2.57. The lowest BCUT2D eigenvalue weighted by Gasteiger charge is -2.36. The van der Waals surface area contributed by atoms with Crippen molar-refractivity contribution in [3.05, 3.63) is 29.8 Å². The van der Waals surface area contributed by atoms with E-state index in [0.29, 0.717) is 12.0 Å². The van der Waals surface area contributed by atoms with Gasteiger partial charge in [0.25, 0.3) is 0 Å². The van der Waals surface area contributed by atoms with Crippen LogP contribution < -0.4 is 4.74 Å². The molecule has 1 saturated heterocycles. The van der Waals surface area contributed by atoms with Crippen LogP contribution in [0.1, 0.15) is 38.2 Å². The Kier molecular flexibility index (Phi) is 4.06. The van der Waals surface area contributed by atoms with Gasteiger partial charge in [0, 0.05) is 18.5 Å². The summed E-state index contributed by atoms with van der Waals surface area (Å²) in [5.41, 5.74) is 1.38. The van der Waals surface area contributed by atoms with Crippen LogP contribution in [-0.4, -0.2) is 31.1 Å². The van der Waals surface area contributed by atoms with E-state index in [4.69, 9.17) is 4.74 Å². The smallest absolute Gasteiger partial charge is 0.122 e. The third-order valence-corrected chi connectivity index (χ3v) is 3.76. The van der Waals surface area contributed by atoms with Gasteiger partial charge < -0.3 is 9.64 Å². The monoisotopic (exact) mass is 233 g/mol. The second-order valence-corrected chi connectivity index (χ2v) is 5.17. The van der Waals surface area contributed by atoms with Crippen LogP contribution in [0, 0.1) is 0 Å². The fourth-order valence-electron chi connectivity index (χ4n) is 2.73. The summed E-state index contributed by atoms with van der Waals surface area (Å²) >= 11 is 0. The molecule has 1 aliphatic heterocycles. The first-order valence-corrected chi connectivity index (χ1v) is 6.59. The SMILES string of the molecule is COc1ccccc1C1CCCN(C(C)C)C1. The molecule has 0 radical (unpaired) electrons. The van der Waals surface area contributed by atoms with Crippen LogP contribution in [0.5, 0.6) is 5.75 Å². The number of ether oxygens (including phenoxy) is 1. The Labute approximate surface area is 105 Å². The molecule has 1 aromatic rings. The third kappa shape index (κ3) is 2.81. The molecule has 2 nitrogen and oxygen atoms in total. The molecule has 1 atom stereocenters. The molecule has 0 aromatic heterocycles. The molecule has 2 heteroatoms. The van der Waals surface area contributed by atoms with Crippen LogP contribution in [0.4, 0.5) is 0 Å². The molecule has 1 fully saturated rings. The predicted octanol–water partition coefficient (Wildman–Crippen LogP) is 3.28. The van der Waals surface area contributed by atoms with E-state index < -0.39 is 0 Å². The normalized spacial score (nSPS) is 21.8. The molecule has 1 heterocycles. The summed E-state index contributed by atoms with van der Waals surface area (Å²) < 4.78 is 5.48. The Morgan fingerprint density at radius 3 is 2.76 bits per heavy atom. The largest absolute Gasteiger partial charge is 0.496 e. The maximum Gasteiger partial charge on any atom is 0.122 e. The Morgan fingerprint density at radius 2 is 2.06 bits per heavy atom. The summed E-state index contributed by atoms with van der Waals surface area (Å²) in [5, 5.41) is 0. The van der Waals surface area contributed by atoms with E-state index in [1.807, 2.05) is 6.07 Å². The fraction of sp³-hybridized carbons (Fsp3) is 0.600. The van der Waals surface area contributed by atoms with Crippen molar-refractivity contribution in [2.24, 2.45) is 0 Å². The first-order chi connectivity index (χ1) is 8.22. The highest BCUT2D eigenvalue weighted by molar-refractivity contribution is 5.36. The molecule has 0 amide bonds. The number of para-hydroxylation sites is 1. The van der Waals surface area contributed by atoms with Crippen molar-refractivity contribution in [3.63, 3.8) is 0 Å². The maximum atomic E-state index is 5.48. The van der Waals surface area contributed by atoms with Gasteiger partial charge >= 0.3 is 0 Å². The lowest BCUT2D eigenvalue weighted by molar-refractivity contribution is 0.166. The predicted molar refractivity (Wildman–Crippen MR) is 71.7 cm³/mol. The molecule has 1 aromatic carbocycles. The zero-order valence-corrected chi connectivity index (χ0v) is 11.1. The third-order valence-electron chi connectivity index (χ3n) is 3.76. The minimum atomic E-state index is 0.627. The van der Waals surface area contributed by atoms with Crippen LogP contribution in [0.25, 0.3) is 0 Å². The van der Waals surface area contributed by atoms with E-state index >= 15 is 0 Å². The molecule has 0 bridgehead atoms. The number of piperidine rings is 1. The van der Waals surface area contributed by atoms with Crippen molar-refractivity contribution in [2.75, 3.05) is 20.2 Å². The van der Waals surface area contributed by atoms with Gasteiger partial charge in [0.05, 0.1) is 7.11 Å². The minimum Gasteiger partial charge on any atom is -0.496 e. The zero-order chi connectivity index (χ0) is 12.3. The molecule has 0 saturated carbocycles. The molecule has 2 rings (SSSR count). The van der Waals surface area contributed by atoms with Crippen LogP contribution in [0.3, 0.4) is 0 Å². The summed E-state index contributed by atoms with van der Waals surface area (Å²) in [7, 11) is 1.77. The molecule has 1 unspecified atom stereocenters. The topological polar surface area (TPSA) is 12.5 Å². The van der Waals surface area contributed by atoms with Gasteiger partial charge in [0.2, 0.25) is 0 Å². The fourth-order valence-corrected chi connectivity index (χ4v) is 2.73. The average Bonchev–Trinajstić information content (AvgIpc) is 2.39. The number of likely N-dealkylation sites (tertiary alicyclic amines) is 1. The Bertz CT molecular complexity index is 362. The van der Waals surface area contributed by atoms with E-state index in [1.54, 1.807) is 7.11 Å².